The Morgan fingerprint density at radius 2 is 0.713 bits per heavy atom. The smallest absolute Gasteiger partial charge is 0.133 e. The molecule has 4 radical (unpaired) electrons. The summed E-state index contributed by atoms with van der Waals surface area (Å²) in [6.45, 7) is 14.8. The number of fused-ring (bicyclic) bond motifs is 6. The zero-order valence-electron chi connectivity index (χ0n) is 62.2. The van der Waals surface area contributed by atoms with Crippen LogP contribution in [-0.2, 0) is 80.4 Å². The van der Waals surface area contributed by atoms with Gasteiger partial charge in [-0.2, -0.15) is 97.1 Å². The predicted octanol–water partition coefficient (Wildman–Crippen LogP) is 24.6. The Morgan fingerprint density at radius 3 is 1.23 bits per heavy atom. The Kier molecular flexibility index (Phi) is 25.0. The molecule has 0 unspecified atom stereocenters. The molecule has 17 aromatic rings. The van der Waals surface area contributed by atoms with Crippen molar-refractivity contribution in [3.05, 3.63) is 414 Å². The third kappa shape index (κ3) is 16.1. The molecule has 0 fully saturated rings. The van der Waals surface area contributed by atoms with Crippen LogP contribution in [0.5, 0.6) is 0 Å². The van der Waals surface area contributed by atoms with Crippen LogP contribution in [0.4, 0.5) is 91.5 Å². The summed E-state index contributed by atoms with van der Waals surface area (Å²) in [5.74, 6) is 3.59. The number of hydrogen-bond donors (Lipinski definition) is 0. The molecule has 21 rings (SSSR count). The molecule has 115 heavy (non-hydrogen) atoms. The van der Waals surface area contributed by atoms with E-state index < -0.39 is 0 Å². The van der Waals surface area contributed by atoms with Crippen LogP contribution in [0.3, 0.4) is 0 Å². The fourth-order valence-corrected chi connectivity index (χ4v) is 14.6. The van der Waals surface area contributed by atoms with E-state index in [2.05, 4.69) is 292 Å². The maximum absolute atomic E-state index is 5.46. The average Bonchev–Trinajstić information content (AvgIpc) is 1.63. The normalized spacial score (nSPS) is 12.6. The van der Waals surface area contributed by atoms with E-state index in [9.17, 15) is 0 Å². The predicted molar refractivity (Wildman–Crippen MR) is 448 cm³/mol. The Balaban J connectivity index is 0.000000125. The molecule has 574 valence electrons. The molecule has 0 saturated heterocycles. The van der Waals surface area contributed by atoms with Crippen LogP contribution in [0, 0.1) is 71.7 Å². The quantitative estimate of drug-likeness (QED) is 0.115. The third-order valence-corrected chi connectivity index (χ3v) is 19.9. The van der Waals surface area contributed by atoms with Crippen molar-refractivity contribution in [1.29, 1.82) is 0 Å². The molecule has 18 heteroatoms. The van der Waals surface area contributed by atoms with Crippen molar-refractivity contribution in [1.82, 2.24) is 19.9 Å². The summed E-state index contributed by atoms with van der Waals surface area (Å²) < 4.78 is 10.9. The van der Waals surface area contributed by atoms with E-state index in [1.807, 2.05) is 151 Å². The molecule has 0 N–H and O–H groups in total. The van der Waals surface area contributed by atoms with Gasteiger partial charge in [0.1, 0.15) is 28.9 Å². The second-order valence-electron chi connectivity index (χ2n) is 26.8. The number of aryl methyl sites for hydroxylation is 3. The number of hydrogen-bond acceptors (Lipinski definition) is 14. The van der Waals surface area contributed by atoms with Gasteiger partial charge < -0.3 is 48.0 Å². The second kappa shape index (κ2) is 36.1. The van der Waals surface area contributed by atoms with Crippen LogP contribution >= 0.6 is 0 Å². The maximum atomic E-state index is 5.46. The van der Waals surface area contributed by atoms with E-state index in [-0.39, 0.29) is 80.4 Å². The Bertz CT molecular complexity index is 6000. The number of anilines is 16. The Hall–Kier alpha value is -11.9. The van der Waals surface area contributed by atoms with Gasteiger partial charge in [0.15, 0.2) is 0 Å². The van der Waals surface area contributed by atoms with Gasteiger partial charge in [0, 0.05) is 156 Å². The van der Waals surface area contributed by atoms with Gasteiger partial charge in [-0.1, -0.05) is 133 Å². The number of para-hydroxylation sites is 6. The molecule has 0 bridgehead atoms. The third-order valence-electron chi connectivity index (χ3n) is 19.9. The molecule has 11 aromatic carbocycles. The van der Waals surface area contributed by atoms with Crippen molar-refractivity contribution in [2.24, 2.45) is 0 Å². The molecule has 4 aliphatic heterocycles. The Morgan fingerprint density at radius 1 is 0.287 bits per heavy atom. The summed E-state index contributed by atoms with van der Waals surface area (Å²) >= 11 is 0. The van der Waals surface area contributed by atoms with Crippen LogP contribution in [-0.4, -0.2) is 19.9 Å². The topological polar surface area (TPSA) is 104 Å². The van der Waals surface area contributed by atoms with Crippen LogP contribution in [0.25, 0.3) is 55.3 Å². The van der Waals surface area contributed by atoms with Gasteiger partial charge in [0.2, 0.25) is 0 Å². The summed E-state index contributed by atoms with van der Waals surface area (Å²) in [5.41, 5.74) is 25.1. The van der Waals surface area contributed by atoms with Crippen LogP contribution in [0.15, 0.2) is 356 Å². The monoisotopic (exact) mass is 2210 g/mol. The van der Waals surface area contributed by atoms with E-state index in [0.29, 0.717) is 0 Å². The van der Waals surface area contributed by atoms with Crippen molar-refractivity contribution in [2.45, 2.75) is 20.8 Å². The first-order chi connectivity index (χ1) is 54.8. The standard InChI is InChI=1S/C26H21N3.C25H19N3.C24H17N3.C22H13N3O2.4Ir/c1-19-10-9-11-20(2)24(19)23-16-17-27-26-25(23)28(21-12-5-3-6-13-21)18-29(26)22-14-7-4-8-15-22;1-19-10-8-9-15-22(19)23-16-17-26-25-24(23)27(20-11-4-2-5-12-20)18-28(25)21-13-6-3-7-14-21;1-4-10-19(11-5-1)22-16-17-25-24-23(22)26(20-12-6-2-7-13-20)18-27(24)21-14-8-3-9-15-21;1-2-19-22(23-9-1)25(18-4-6-21-16(13-18)8-11-27-21)14-24(19)17-3-5-20-15(12-17)7-10-26-20;;;;/h3-14,16-18H,1-2H3;2-13,15-18H,1H3;1-14,16-18H;1-3,5-14H;;;;/q4*-2;;;;. The summed E-state index contributed by atoms with van der Waals surface area (Å²) in [6, 6.07) is 118. The van der Waals surface area contributed by atoms with Gasteiger partial charge in [-0.25, -0.2) is 19.9 Å². The molecule has 0 atom stereocenters. The van der Waals surface area contributed by atoms with Crippen molar-refractivity contribution in [3.8, 4) is 33.4 Å². The summed E-state index contributed by atoms with van der Waals surface area (Å²) in [5, 5.41) is 2.10. The molecule has 4 aliphatic rings. The zero-order chi connectivity index (χ0) is 74.6. The molecular weight excluding hydrogens is 2130 g/mol. The van der Waals surface area contributed by atoms with E-state index in [0.717, 1.165) is 119 Å². The summed E-state index contributed by atoms with van der Waals surface area (Å²) in [4.78, 5) is 35.9. The first-order valence-corrected chi connectivity index (χ1v) is 36.6. The fourth-order valence-electron chi connectivity index (χ4n) is 14.6. The number of benzene rings is 11. The van der Waals surface area contributed by atoms with Crippen molar-refractivity contribution < 1.29 is 89.3 Å². The first kappa shape index (κ1) is 79.7. The van der Waals surface area contributed by atoms with Gasteiger partial charge in [-0.15, -0.1) is 61.6 Å². The number of aromatic nitrogens is 4. The molecule has 10 heterocycles. The van der Waals surface area contributed by atoms with E-state index in [1.165, 1.54) is 44.5 Å². The number of furan rings is 2. The molecule has 0 saturated carbocycles. The van der Waals surface area contributed by atoms with E-state index in [4.69, 9.17) is 23.8 Å². The van der Waals surface area contributed by atoms with Crippen LogP contribution in [0.1, 0.15) is 16.7 Å². The van der Waals surface area contributed by atoms with Gasteiger partial charge in [-0.3, -0.25) is 0 Å². The first-order valence-electron chi connectivity index (χ1n) is 36.6. The fraction of sp³-hybridized carbons (Fsp3) is 0.0309. The number of nitrogens with zero attached hydrogens (tertiary/aromatic N) is 12. The average molecular weight is 2200 g/mol. The van der Waals surface area contributed by atoms with Crippen LogP contribution < -0.4 is 39.2 Å². The molecule has 0 aliphatic carbocycles. The zero-order valence-corrected chi connectivity index (χ0v) is 71.8. The molecular formula is C97H70Ir4N12O2-8. The van der Waals surface area contributed by atoms with E-state index in [1.54, 1.807) is 18.7 Å². The minimum absolute atomic E-state index is 0. The van der Waals surface area contributed by atoms with Gasteiger partial charge in [0.05, 0.1) is 35.3 Å². The van der Waals surface area contributed by atoms with Gasteiger partial charge in [-0.05, 0) is 151 Å². The largest absolute Gasteiger partial charge is 0.523 e. The van der Waals surface area contributed by atoms with Crippen molar-refractivity contribution >= 4 is 113 Å². The number of rotatable bonds is 11. The minimum Gasteiger partial charge on any atom is -0.523 e. The Labute approximate surface area is 724 Å². The summed E-state index contributed by atoms with van der Waals surface area (Å²) in [7, 11) is 0. The maximum Gasteiger partial charge on any atom is 0.133 e. The molecule has 14 nitrogen and oxygen atoms in total. The molecule has 0 spiro atoms. The van der Waals surface area contributed by atoms with Crippen LogP contribution in [0.2, 0.25) is 0 Å². The van der Waals surface area contributed by atoms with Crippen molar-refractivity contribution in [2.75, 3.05) is 39.2 Å². The van der Waals surface area contributed by atoms with Crippen molar-refractivity contribution in [3.63, 3.8) is 0 Å². The number of pyridine rings is 4. The van der Waals surface area contributed by atoms with Gasteiger partial charge in [0.25, 0.3) is 0 Å². The molecule has 0 amide bonds. The minimum atomic E-state index is 0. The SMILES string of the molecule is Cc1cccc(C)c1-c1ccnc2c1N(c1ccccc1)[CH-]N2c1[c-]cccc1.Cc1ccccc1-c1ccnc2c1N(c1ccccc1)[CH-]N2c1[c-]cccc1.[Ir].[Ir].[Ir].[Ir].[c-]1cc2occc2cc1N1[CH-]N(c2ccc3occc3c2)c2cccnc21.[c-]1ccccc1N1[CH-]N(c2ccccc2)c2c(-c3ccccc3)ccnc21. The second-order valence-corrected chi connectivity index (χ2v) is 26.8. The van der Waals surface area contributed by atoms with E-state index >= 15 is 0 Å². The summed E-state index contributed by atoms with van der Waals surface area (Å²) in [6.07, 6.45) is 10.9. The van der Waals surface area contributed by atoms with Gasteiger partial charge >= 0.3 is 0 Å². The molecule has 6 aromatic heterocycles.